The van der Waals surface area contributed by atoms with E-state index in [0.717, 1.165) is 11.3 Å². The van der Waals surface area contributed by atoms with E-state index in [-0.39, 0.29) is 0 Å². The smallest absolute Gasteiger partial charge is 0.0386 e. The first-order valence-corrected chi connectivity index (χ1v) is 5.65. The van der Waals surface area contributed by atoms with Crippen LogP contribution >= 0.6 is 0 Å². The Morgan fingerprint density at radius 3 is 2.60 bits per heavy atom. The number of anilines is 2. The Hall–Kier alpha value is -1.18. The zero-order chi connectivity index (χ0) is 11.4. The van der Waals surface area contributed by atoms with Gasteiger partial charge in [-0.1, -0.05) is 19.4 Å². The van der Waals surface area contributed by atoms with E-state index >= 15 is 0 Å². The van der Waals surface area contributed by atoms with Crippen molar-refractivity contribution in [3.63, 3.8) is 0 Å². The lowest BCUT2D eigenvalue weighted by molar-refractivity contribution is 0.616. The third-order valence-corrected chi connectivity index (χ3v) is 3.04. The van der Waals surface area contributed by atoms with Crippen LogP contribution in [0, 0.1) is 6.92 Å². The lowest BCUT2D eigenvalue weighted by Crippen LogP contribution is -2.28. The van der Waals surface area contributed by atoms with Gasteiger partial charge in [-0.05, 0) is 38.0 Å². The van der Waals surface area contributed by atoms with Crippen molar-refractivity contribution < 1.29 is 0 Å². The molecule has 0 heterocycles. The molecule has 84 valence electrons. The average Bonchev–Trinajstić information content (AvgIpc) is 2.21. The summed E-state index contributed by atoms with van der Waals surface area (Å²) in [5.41, 5.74) is 9.14. The highest BCUT2D eigenvalue weighted by Crippen LogP contribution is 2.22. The number of aryl methyl sites for hydroxylation is 1. The first-order chi connectivity index (χ1) is 7.06. The molecule has 1 aromatic rings. The Kier molecular flexibility index (Phi) is 4.01. The van der Waals surface area contributed by atoms with Crippen molar-refractivity contribution in [2.75, 3.05) is 17.7 Å². The van der Waals surface area contributed by atoms with E-state index in [1.807, 2.05) is 6.92 Å². The summed E-state index contributed by atoms with van der Waals surface area (Å²) in [6.07, 6.45) is 2.43. The SMILES string of the molecule is CCCC(C)N(C)c1ccc(C)c(N)c1. The standard InChI is InChI=1S/C13H22N2/c1-5-6-11(3)15(4)12-8-7-10(2)13(14)9-12/h7-9,11H,5-6,14H2,1-4H3. The fourth-order valence-corrected chi connectivity index (χ4v) is 1.71. The van der Waals surface area contributed by atoms with Gasteiger partial charge in [-0.3, -0.25) is 0 Å². The molecule has 0 aliphatic heterocycles. The number of hydrogen-bond acceptors (Lipinski definition) is 2. The highest BCUT2D eigenvalue weighted by atomic mass is 15.1. The maximum atomic E-state index is 5.91. The molecule has 0 radical (unpaired) electrons. The van der Waals surface area contributed by atoms with Crippen LogP contribution in [0.25, 0.3) is 0 Å². The van der Waals surface area contributed by atoms with Crippen LogP contribution in [0.5, 0.6) is 0 Å². The maximum Gasteiger partial charge on any atom is 0.0386 e. The lowest BCUT2D eigenvalue weighted by Gasteiger charge is -2.27. The second-order valence-corrected chi connectivity index (χ2v) is 4.29. The van der Waals surface area contributed by atoms with E-state index in [4.69, 9.17) is 5.73 Å². The summed E-state index contributed by atoms with van der Waals surface area (Å²) in [5.74, 6) is 0. The molecule has 0 amide bonds. The fourth-order valence-electron chi connectivity index (χ4n) is 1.71. The summed E-state index contributed by atoms with van der Waals surface area (Å²) in [5, 5.41) is 0. The van der Waals surface area contributed by atoms with E-state index in [1.165, 1.54) is 18.5 Å². The van der Waals surface area contributed by atoms with Gasteiger partial charge in [-0.25, -0.2) is 0 Å². The van der Waals surface area contributed by atoms with E-state index in [1.54, 1.807) is 0 Å². The molecule has 1 unspecified atom stereocenters. The molecule has 15 heavy (non-hydrogen) atoms. The predicted octanol–water partition coefficient (Wildman–Crippen LogP) is 3.20. The molecule has 0 bridgehead atoms. The fraction of sp³-hybridized carbons (Fsp3) is 0.538. The summed E-state index contributed by atoms with van der Waals surface area (Å²) < 4.78 is 0. The maximum absolute atomic E-state index is 5.91. The van der Waals surface area contributed by atoms with Crippen LogP contribution in [-0.4, -0.2) is 13.1 Å². The van der Waals surface area contributed by atoms with Gasteiger partial charge >= 0.3 is 0 Å². The van der Waals surface area contributed by atoms with Crippen molar-refractivity contribution in [3.05, 3.63) is 23.8 Å². The van der Waals surface area contributed by atoms with Gasteiger partial charge in [0, 0.05) is 24.5 Å². The molecular weight excluding hydrogens is 184 g/mol. The minimum atomic E-state index is 0.567. The molecular formula is C13H22N2. The molecule has 0 aromatic heterocycles. The van der Waals surface area contributed by atoms with Crippen LogP contribution in [0.15, 0.2) is 18.2 Å². The third kappa shape index (κ3) is 2.88. The Morgan fingerprint density at radius 1 is 1.40 bits per heavy atom. The van der Waals surface area contributed by atoms with Crippen molar-refractivity contribution in [2.24, 2.45) is 0 Å². The van der Waals surface area contributed by atoms with Crippen LogP contribution < -0.4 is 10.6 Å². The predicted molar refractivity (Wildman–Crippen MR) is 68.4 cm³/mol. The van der Waals surface area contributed by atoms with Crippen LogP contribution in [0.4, 0.5) is 11.4 Å². The number of nitrogens with two attached hydrogens (primary N) is 1. The largest absolute Gasteiger partial charge is 0.398 e. The van der Waals surface area contributed by atoms with Crippen LogP contribution in [0.1, 0.15) is 32.3 Å². The highest BCUT2D eigenvalue weighted by molar-refractivity contribution is 5.59. The van der Waals surface area contributed by atoms with Gasteiger partial charge in [-0.15, -0.1) is 0 Å². The molecule has 0 saturated heterocycles. The monoisotopic (exact) mass is 206 g/mol. The Morgan fingerprint density at radius 2 is 2.07 bits per heavy atom. The first-order valence-electron chi connectivity index (χ1n) is 5.65. The molecule has 0 spiro atoms. The van der Waals surface area contributed by atoms with E-state index in [0.29, 0.717) is 6.04 Å². The number of hydrogen-bond donors (Lipinski definition) is 1. The molecule has 1 atom stereocenters. The Labute approximate surface area is 93.1 Å². The van der Waals surface area contributed by atoms with E-state index in [2.05, 4.69) is 44.0 Å². The zero-order valence-electron chi connectivity index (χ0n) is 10.2. The average molecular weight is 206 g/mol. The quantitative estimate of drug-likeness (QED) is 0.766. The van der Waals surface area contributed by atoms with Gasteiger partial charge in [0.1, 0.15) is 0 Å². The molecule has 2 heteroatoms. The minimum absolute atomic E-state index is 0.567. The van der Waals surface area contributed by atoms with Crippen LogP contribution in [0.3, 0.4) is 0 Å². The zero-order valence-corrected chi connectivity index (χ0v) is 10.2. The molecule has 0 aliphatic carbocycles. The van der Waals surface area contributed by atoms with Gasteiger partial charge in [0.05, 0.1) is 0 Å². The van der Waals surface area contributed by atoms with Crippen molar-refractivity contribution >= 4 is 11.4 Å². The highest BCUT2D eigenvalue weighted by Gasteiger charge is 2.09. The molecule has 1 rings (SSSR count). The minimum Gasteiger partial charge on any atom is -0.398 e. The van der Waals surface area contributed by atoms with Gasteiger partial charge in [0.2, 0.25) is 0 Å². The Balaban J connectivity index is 2.81. The van der Waals surface area contributed by atoms with Gasteiger partial charge in [-0.2, -0.15) is 0 Å². The molecule has 0 saturated carbocycles. The number of benzene rings is 1. The summed E-state index contributed by atoms with van der Waals surface area (Å²) in [6.45, 7) is 6.50. The summed E-state index contributed by atoms with van der Waals surface area (Å²) in [6, 6.07) is 6.84. The van der Waals surface area contributed by atoms with Gasteiger partial charge in [0.15, 0.2) is 0 Å². The summed E-state index contributed by atoms with van der Waals surface area (Å²) in [4.78, 5) is 2.29. The molecule has 0 fully saturated rings. The molecule has 0 aliphatic rings. The third-order valence-electron chi connectivity index (χ3n) is 3.04. The van der Waals surface area contributed by atoms with Crippen LogP contribution in [0.2, 0.25) is 0 Å². The molecule has 1 aromatic carbocycles. The number of rotatable bonds is 4. The van der Waals surface area contributed by atoms with Gasteiger partial charge in [0.25, 0.3) is 0 Å². The summed E-state index contributed by atoms with van der Waals surface area (Å²) in [7, 11) is 2.13. The molecule has 2 N–H and O–H groups in total. The van der Waals surface area contributed by atoms with Crippen molar-refractivity contribution in [1.29, 1.82) is 0 Å². The second-order valence-electron chi connectivity index (χ2n) is 4.29. The van der Waals surface area contributed by atoms with Crippen molar-refractivity contribution in [1.82, 2.24) is 0 Å². The Bertz CT molecular complexity index is 320. The second kappa shape index (κ2) is 5.06. The van der Waals surface area contributed by atoms with Gasteiger partial charge < -0.3 is 10.6 Å². The summed E-state index contributed by atoms with van der Waals surface area (Å²) >= 11 is 0. The van der Waals surface area contributed by atoms with E-state index < -0.39 is 0 Å². The lowest BCUT2D eigenvalue weighted by atomic mass is 10.1. The molecule has 2 nitrogen and oxygen atoms in total. The van der Waals surface area contributed by atoms with Crippen molar-refractivity contribution in [3.8, 4) is 0 Å². The van der Waals surface area contributed by atoms with Crippen molar-refractivity contribution in [2.45, 2.75) is 39.7 Å². The van der Waals surface area contributed by atoms with Crippen LogP contribution in [-0.2, 0) is 0 Å². The topological polar surface area (TPSA) is 29.3 Å². The first kappa shape index (κ1) is 11.9. The normalized spacial score (nSPS) is 12.5. The number of nitrogen functional groups attached to an aromatic ring is 1. The number of nitrogens with zero attached hydrogens (tertiary/aromatic N) is 1. The van der Waals surface area contributed by atoms with E-state index in [9.17, 15) is 0 Å².